The number of nitrogens with one attached hydrogen (secondary N) is 2. The minimum absolute atomic E-state index is 0.513. The van der Waals surface area contributed by atoms with E-state index in [4.69, 9.17) is 0 Å². The maximum Gasteiger partial charge on any atom is 0.135 e. The Morgan fingerprint density at radius 1 is 1.05 bits per heavy atom. The fourth-order valence-corrected chi connectivity index (χ4v) is 1.83. The first kappa shape index (κ1) is 13.3. The topological polar surface area (TPSA) is 49.8 Å². The summed E-state index contributed by atoms with van der Waals surface area (Å²) >= 11 is 0. The quantitative estimate of drug-likeness (QED) is 0.876. The zero-order valence-electron chi connectivity index (χ0n) is 11.9. The first-order chi connectivity index (χ1) is 9.10. The lowest BCUT2D eigenvalue weighted by Gasteiger charge is -2.13. The number of rotatable bonds is 4. The summed E-state index contributed by atoms with van der Waals surface area (Å²) in [6.07, 6.45) is 1.55. The van der Waals surface area contributed by atoms with Crippen LogP contribution in [0.5, 0.6) is 0 Å². The normalized spacial score (nSPS) is 10.6. The fourth-order valence-electron chi connectivity index (χ4n) is 1.83. The van der Waals surface area contributed by atoms with E-state index in [-0.39, 0.29) is 0 Å². The zero-order valence-corrected chi connectivity index (χ0v) is 11.9. The van der Waals surface area contributed by atoms with Crippen molar-refractivity contribution in [2.45, 2.75) is 26.7 Å². The molecule has 0 bridgehead atoms. The van der Waals surface area contributed by atoms with Crippen molar-refractivity contribution in [1.82, 2.24) is 9.97 Å². The molecule has 0 fully saturated rings. The van der Waals surface area contributed by atoms with Gasteiger partial charge in [-0.3, -0.25) is 0 Å². The summed E-state index contributed by atoms with van der Waals surface area (Å²) in [5, 5.41) is 6.36. The highest BCUT2D eigenvalue weighted by Crippen LogP contribution is 2.25. The summed E-state index contributed by atoms with van der Waals surface area (Å²) in [4.78, 5) is 8.34. The molecule has 0 unspecified atom stereocenters. The largest absolute Gasteiger partial charge is 0.373 e. The van der Waals surface area contributed by atoms with Crippen molar-refractivity contribution >= 4 is 17.3 Å². The van der Waals surface area contributed by atoms with E-state index in [1.54, 1.807) is 6.33 Å². The number of hydrogen-bond acceptors (Lipinski definition) is 4. The Balaban J connectivity index is 2.29. The van der Waals surface area contributed by atoms with Crippen LogP contribution in [0.1, 0.15) is 30.9 Å². The third-order valence-electron chi connectivity index (χ3n) is 3.11. The molecule has 0 aliphatic heterocycles. The van der Waals surface area contributed by atoms with Crippen molar-refractivity contribution in [3.63, 3.8) is 0 Å². The molecule has 2 rings (SSSR count). The number of anilines is 3. The Bertz CT molecular complexity index is 564. The van der Waals surface area contributed by atoms with Gasteiger partial charge in [-0.05, 0) is 30.0 Å². The van der Waals surface area contributed by atoms with E-state index < -0.39 is 0 Å². The Labute approximate surface area is 114 Å². The van der Waals surface area contributed by atoms with Crippen LogP contribution in [0, 0.1) is 6.92 Å². The second-order valence-corrected chi connectivity index (χ2v) is 4.89. The van der Waals surface area contributed by atoms with Gasteiger partial charge in [-0.1, -0.05) is 26.0 Å². The molecule has 2 aromatic rings. The van der Waals surface area contributed by atoms with Gasteiger partial charge in [-0.25, -0.2) is 9.97 Å². The van der Waals surface area contributed by atoms with E-state index in [1.807, 2.05) is 13.1 Å². The van der Waals surface area contributed by atoms with Gasteiger partial charge < -0.3 is 10.6 Å². The van der Waals surface area contributed by atoms with Crippen LogP contribution in [-0.4, -0.2) is 17.0 Å². The highest BCUT2D eigenvalue weighted by molar-refractivity contribution is 5.63. The van der Waals surface area contributed by atoms with Crippen LogP contribution >= 0.6 is 0 Å². The molecule has 1 aromatic heterocycles. The number of hydrogen-bond donors (Lipinski definition) is 2. The van der Waals surface area contributed by atoms with Crippen LogP contribution in [0.4, 0.5) is 17.3 Å². The average Bonchev–Trinajstić information content (AvgIpc) is 2.41. The van der Waals surface area contributed by atoms with E-state index in [1.165, 1.54) is 11.1 Å². The van der Waals surface area contributed by atoms with Crippen LogP contribution in [-0.2, 0) is 0 Å². The van der Waals surface area contributed by atoms with Crippen molar-refractivity contribution in [3.8, 4) is 0 Å². The van der Waals surface area contributed by atoms with Crippen LogP contribution in [0.2, 0.25) is 0 Å². The lowest BCUT2D eigenvalue weighted by Crippen LogP contribution is -2.00. The first-order valence-electron chi connectivity index (χ1n) is 6.47. The third kappa shape index (κ3) is 3.22. The summed E-state index contributed by atoms with van der Waals surface area (Å²) in [5.74, 6) is 2.11. The number of benzene rings is 1. The Kier molecular flexibility index (Phi) is 4.00. The van der Waals surface area contributed by atoms with E-state index in [2.05, 4.69) is 59.6 Å². The van der Waals surface area contributed by atoms with E-state index in [0.29, 0.717) is 5.92 Å². The van der Waals surface area contributed by atoms with Crippen molar-refractivity contribution in [2.75, 3.05) is 17.7 Å². The predicted octanol–water partition coefficient (Wildman–Crippen LogP) is 3.69. The number of aromatic nitrogens is 2. The molecule has 19 heavy (non-hydrogen) atoms. The third-order valence-corrected chi connectivity index (χ3v) is 3.11. The molecule has 100 valence electrons. The van der Waals surface area contributed by atoms with Gasteiger partial charge in [0.05, 0.1) is 0 Å². The SMILES string of the molecule is CNc1cc(Nc2cc(C(C)C)ccc2C)ncn1. The molecular weight excluding hydrogens is 236 g/mol. The van der Waals surface area contributed by atoms with Crippen LogP contribution in [0.25, 0.3) is 0 Å². The fraction of sp³-hybridized carbons (Fsp3) is 0.333. The second-order valence-electron chi connectivity index (χ2n) is 4.89. The van der Waals surface area contributed by atoms with Gasteiger partial charge >= 0.3 is 0 Å². The van der Waals surface area contributed by atoms with Crippen molar-refractivity contribution in [3.05, 3.63) is 41.7 Å². The summed E-state index contributed by atoms with van der Waals surface area (Å²) in [6.45, 7) is 6.48. The molecule has 0 radical (unpaired) electrons. The number of nitrogens with zero attached hydrogens (tertiary/aromatic N) is 2. The van der Waals surface area contributed by atoms with Gasteiger partial charge in [0.15, 0.2) is 0 Å². The molecule has 4 nitrogen and oxygen atoms in total. The van der Waals surface area contributed by atoms with Gasteiger partial charge in [-0.2, -0.15) is 0 Å². The van der Waals surface area contributed by atoms with Crippen molar-refractivity contribution in [2.24, 2.45) is 0 Å². The lowest BCUT2D eigenvalue weighted by molar-refractivity contribution is 0.866. The first-order valence-corrected chi connectivity index (χ1v) is 6.47. The molecule has 1 heterocycles. The lowest BCUT2D eigenvalue weighted by atomic mass is 10.0. The summed E-state index contributed by atoms with van der Waals surface area (Å²) in [5.41, 5.74) is 3.61. The highest BCUT2D eigenvalue weighted by atomic mass is 15.1. The summed E-state index contributed by atoms with van der Waals surface area (Å²) in [6, 6.07) is 8.38. The van der Waals surface area contributed by atoms with Crippen LogP contribution in [0.3, 0.4) is 0 Å². The van der Waals surface area contributed by atoms with Crippen LogP contribution < -0.4 is 10.6 Å². The standard InChI is InChI=1S/C15H20N4/c1-10(2)12-6-5-11(3)13(7-12)19-15-8-14(16-4)17-9-18-15/h5-10H,1-4H3,(H2,16,17,18,19). The summed E-state index contributed by atoms with van der Waals surface area (Å²) < 4.78 is 0. The predicted molar refractivity (Wildman–Crippen MR) is 80.1 cm³/mol. The highest BCUT2D eigenvalue weighted by Gasteiger charge is 2.05. The minimum Gasteiger partial charge on any atom is -0.373 e. The molecule has 0 amide bonds. The smallest absolute Gasteiger partial charge is 0.135 e. The molecular formula is C15H20N4. The number of aryl methyl sites for hydroxylation is 1. The van der Waals surface area contributed by atoms with E-state index in [0.717, 1.165) is 17.3 Å². The van der Waals surface area contributed by atoms with Gasteiger partial charge in [0.25, 0.3) is 0 Å². The van der Waals surface area contributed by atoms with Gasteiger partial charge in [0.1, 0.15) is 18.0 Å². The molecule has 0 saturated carbocycles. The molecule has 4 heteroatoms. The maximum absolute atomic E-state index is 4.24. The average molecular weight is 256 g/mol. The van der Waals surface area contributed by atoms with Gasteiger partial charge in [0, 0.05) is 18.8 Å². The molecule has 0 aliphatic rings. The zero-order chi connectivity index (χ0) is 13.8. The van der Waals surface area contributed by atoms with E-state index in [9.17, 15) is 0 Å². The molecule has 2 N–H and O–H groups in total. The van der Waals surface area contributed by atoms with Gasteiger partial charge in [0.2, 0.25) is 0 Å². The molecule has 1 aromatic carbocycles. The second kappa shape index (κ2) is 5.69. The van der Waals surface area contributed by atoms with Crippen LogP contribution in [0.15, 0.2) is 30.6 Å². The molecule has 0 spiro atoms. The maximum atomic E-state index is 4.24. The minimum atomic E-state index is 0.513. The summed E-state index contributed by atoms with van der Waals surface area (Å²) in [7, 11) is 1.84. The molecule has 0 aliphatic carbocycles. The van der Waals surface area contributed by atoms with E-state index >= 15 is 0 Å². The monoisotopic (exact) mass is 256 g/mol. The molecule has 0 atom stereocenters. The van der Waals surface area contributed by atoms with Gasteiger partial charge in [-0.15, -0.1) is 0 Å². The molecule has 0 saturated heterocycles. The Morgan fingerprint density at radius 3 is 2.47 bits per heavy atom. The Morgan fingerprint density at radius 2 is 1.79 bits per heavy atom. The Hall–Kier alpha value is -2.10. The van der Waals surface area contributed by atoms with Crippen molar-refractivity contribution < 1.29 is 0 Å². The van der Waals surface area contributed by atoms with Crippen molar-refractivity contribution in [1.29, 1.82) is 0 Å².